The lowest BCUT2D eigenvalue weighted by Crippen LogP contribution is -2.01. The molecule has 0 fully saturated rings. The van der Waals surface area contributed by atoms with Gasteiger partial charge in [-0.05, 0) is 18.2 Å². The number of fused-ring (bicyclic) bond motifs is 1. The molecule has 0 saturated carbocycles. The summed E-state index contributed by atoms with van der Waals surface area (Å²) in [4.78, 5) is 8.20. The summed E-state index contributed by atoms with van der Waals surface area (Å²) in [5, 5.41) is 11.1. The fraction of sp³-hybridized carbons (Fsp3) is 0. The van der Waals surface area contributed by atoms with E-state index in [9.17, 15) is 0 Å². The molecule has 3 aromatic rings. The van der Waals surface area contributed by atoms with Gasteiger partial charge >= 0.3 is 0 Å². The Morgan fingerprint density at radius 1 is 1.32 bits per heavy atom. The third kappa shape index (κ3) is 2.34. The molecule has 4 N–H and O–H groups in total. The number of anilines is 3. The van der Waals surface area contributed by atoms with Crippen LogP contribution < -0.4 is 11.1 Å². The quantitative estimate of drug-likeness (QED) is 0.667. The van der Waals surface area contributed by atoms with E-state index in [0.717, 1.165) is 15.5 Å². The molecule has 0 aliphatic rings. The zero-order valence-electron chi connectivity index (χ0n) is 9.48. The van der Waals surface area contributed by atoms with Gasteiger partial charge in [-0.1, -0.05) is 27.5 Å². The number of benzene rings is 1. The number of nitrogens with two attached hydrogens (primary N) is 1. The average Bonchev–Trinajstić information content (AvgIpc) is 2.80. The number of nitrogen functional groups attached to an aromatic ring is 1. The molecule has 0 amide bonds. The monoisotopic (exact) mass is 338 g/mol. The molecule has 0 aliphatic carbocycles. The van der Waals surface area contributed by atoms with Gasteiger partial charge in [-0.3, -0.25) is 5.10 Å². The highest BCUT2D eigenvalue weighted by Crippen LogP contribution is 2.30. The van der Waals surface area contributed by atoms with Gasteiger partial charge < -0.3 is 11.1 Å². The smallest absolute Gasteiger partial charge is 0.224 e. The van der Waals surface area contributed by atoms with E-state index >= 15 is 0 Å². The van der Waals surface area contributed by atoms with Crippen LogP contribution >= 0.6 is 27.5 Å². The lowest BCUT2D eigenvalue weighted by Gasteiger charge is -2.09. The fourth-order valence-electron chi connectivity index (χ4n) is 1.67. The Kier molecular flexibility index (Phi) is 3.00. The maximum absolute atomic E-state index is 6.15. The predicted molar refractivity (Wildman–Crippen MR) is 78.5 cm³/mol. The van der Waals surface area contributed by atoms with Crippen molar-refractivity contribution >= 4 is 56.0 Å². The number of aromatic nitrogens is 4. The van der Waals surface area contributed by atoms with Crippen LogP contribution in [0.1, 0.15) is 0 Å². The summed E-state index contributed by atoms with van der Waals surface area (Å²) < 4.78 is 0.902. The number of aromatic amines is 1. The lowest BCUT2D eigenvalue weighted by molar-refractivity contribution is 1.09. The second-order valence-electron chi connectivity index (χ2n) is 3.81. The largest absolute Gasteiger partial charge is 0.368 e. The Hall–Kier alpha value is -1.86. The molecule has 19 heavy (non-hydrogen) atoms. The molecular weight excluding hydrogens is 332 g/mol. The van der Waals surface area contributed by atoms with Crippen LogP contribution in [-0.4, -0.2) is 20.2 Å². The topological polar surface area (TPSA) is 92.5 Å². The molecule has 6 nitrogen and oxygen atoms in total. The van der Waals surface area contributed by atoms with Gasteiger partial charge in [0.05, 0.1) is 22.3 Å². The summed E-state index contributed by atoms with van der Waals surface area (Å²) in [5.41, 5.74) is 6.95. The Morgan fingerprint density at radius 3 is 2.95 bits per heavy atom. The number of hydrogen-bond donors (Lipinski definition) is 3. The summed E-state index contributed by atoms with van der Waals surface area (Å²) in [6.45, 7) is 0. The molecular formula is C11H8BrClN6. The molecule has 0 saturated heterocycles. The second kappa shape index (κ2) is 4.67. The van der Waals surface area contributed by atoms with E-state index in [2.05, 4.69) is 41.4 Å². The molecule has 0 radical (unpaired) electrons. The number of rotatable bonds is 2. The molecule has 2 aromatic heterocycles. The summed E-state index contributed by atoms with van der Waals surface area (Å²) in [7, 11) is 0. The second-order valence-corrected chi connectivity index (χ2v) is 5.13. The SMILES string of the molecule is Nc1nc(Nc2ccc(Br)cc2Cl)c2cn[nH]c2n1. The van der Waals surface area contributed by atoms with Crippen LogP contribution in [0.2, 0.25) is 5.02 Å². The average molecular weight is 340 g/mol. The predicted octanol–water partition coefficient (Wildman–Crippen LogP) is 3.09. The van der Waals surface area contributed by atoms with Crippen LogP contribution in [0.15, 0.2) is 28.9 Å². The van der Waals surface area contributed by atoms with Crippen molar-refractivity contribution in [3.05, 3.63) is 33.9 Å². The third-order valence-electron chi connectivity index (χ3n) is 2.51. The van der Waals surface area contributed by atoms with Gasteiger partial charge in [0, 0.05) is 4.47 Å². The summed E-state index contributed by atoms with van der Waals surface area (Å²) in [5.74, 6) is 0.716. The first-order valence-corrected chi connectivity index (χ1v) is 6.49. The molecule has 1 aromatic carbocycles. The summed E-state index contributed by atoms with van der Waals surface area (Å²) >= 11 is 9.51. The van der Waals surface area contributed by atoms with Crippen molar-refractivity contribution in [3.8, 4) is 0 Å². The maximum Gasteiger partial charge on any atom is 0.224 e. The fourth-order valence-corrected chi connectivity index (χ4v) is 2.39. The number of nitrogens with one attached hydrogen (secondary N) is 2. The van der Waals surface area contributed by atoms with Crippen molar-refractivity contribution in [2.45, 2.75) is 0 Å². The van der Waals surface area contributed by atoms with Crippen molar-refractivity contribution in [3.63, 3.8) is 0 Å². The molecule has 8 heteroatoms. The van der Waals surface area contributed by atoms with Crippen molar-refractivity contribution < 1.29 is 0 Å². The van der Waals surface area contributed by atoms with Crippen LogP contribution in [-0.2, 0) is 0 Å². The van der Waals surface area contributed by atoms with E-state index in [0.29, 0.717) is 16.5 Å². The van der Waals surface area contributed by atoms with Crippen molar-refractivity contribution in [2.75, 3.05) is 11.1 Å². The molecule has 0 aliphatic heterocycles. The molecule has 96 valence electrons. The van der Waals surface area contributed by atoms with Gasteiger partial charge in [0.15, 0.2) is 5.65 Å². The van der Waals surface area contributed by atoms with Gasteiger partial charge in [0.1, 0.15) is 5.82 Å². The molecule has 0 atom stereocenters. The first-order valence-electron chi connectivity index (χ1n) is 5.32. The molecule has 0 bridgehead atoms. The van der Waals surface area contributed by atoms with E-state index in [-0.39, 0.29) is 5.95 Å². The van der Waals surface area contributed by atoms with Gasteiger partial charge in [-0.15, -0.1) is 0 Å². The first-order chi connectivity index (χ1) is 9.13. The molecule has 2 heterocycles. The highest BCUT2D eigenvalue weighted by atomic mass is 79.9. The maximum atomic E-state index is 6.15. The van der Waals surface area contributed by atoms with Gasteiger partial charge in [0.25, 0.3) is 0 Å². The standard InChI is InChI=1S/C11H8BrClN6/c12-5-1-2-8(7(13)3-5)16-9-6-4-15-19-10(6)18-11(14)17-9/h1-4H,(H4,14,15,16,17,18,19). The van der Waals surface area contributed by atoms with E-state index in [1.54, 1.807) is 12.3 Å². The minimum atomic E-state index is 0.160. The highest BCUT2D eigenvalue weighted by molar-refractivity contribution is 9.10. The van der Waals surface area contributed by atoms with Crippen molar-refractivity contribution in [2.24, 2.45) is 0 Å². The summed E-state index contributed by atoms with van der Waals surface area (Å²) in [6, 6.07) is 5.52. The molecule has 3 rings (SSSR count). The molecule has 0 unspecified atom stereocenters. The van der Waals surface area contributed by atoms with E-state index in [1.165, 1.54) is 0 Å². The van der Waals surface area contributed by atoms with Gasteiger partial charge in [0.2, 0.25) is 5.95 Å². The van der Waals surface area contributed by atoms with E-state index in [1.807, 2.05) is 12.1 Å². The normalized spacial score (nSPS) is 10.8. The van der Waals surface area contributed by atoms with Crippen LogP contribution in [0, 0.1) is 0 Å². The van der Waals surface area contributed by atoms with Crippen LogP contribution in [0.25, 0.3) is 11.0 Å². The first kappa shape index (κ1) is 12.2. The minimum absolute atomic E-state index is 0.160. The van der Waals surface area contributed by atoms with Gasteiger partial charge in [-0.2, -0.15) is 15.1 Å². The van der Waals surface area contributed by atoms with Crippen molar-refractivity contribution in [1.82, 2.24) is 20.2 Å². The number of hydrogen-bond acceptors (Lipinski definition) is 5. The Labute approximate surface area is 121 Å². The molecule has 0 spiro atoms. The Balaban J connectivity index is 2.07. The van der Waals surface area contributed by atoms with E-state index in [4.69, 9.17) is 17.3 Å². The van der Waals surface area contributed by atoms with Crippen LogP contribution in [0.5, 0.6) is 0 Å². The third-order valence-corrected chi connectivity index (χ3v) is 3.32. The highest BCUT2D eigenvalue weighted by Gasteiger charge is 2.10. The van der Waals surface area contributed by atoms with Crippen molar-refractivity contribution in [1.29, 1.82) is 0 Å². The zero-order valence-corrected chi connectivity index (χ0v) is 11.8. The number of nitrogens with zero attached hydrogens (tertiary/aromatic N) is 3. The Morgan fingerprint density at radius 2 is 2.16 bits per heavy atom. The van der Waals surface area contributed by atoms with Crippen LogP contribution in [0.3, 0.4) is 0 Å². The minimum Gasteiger partial charge on any atom is -0.368 e. The number of H-pyrrole nitrogens is 1. The zero-order chi connectivity index (χ0) is 13.4. The van der Waals surface area contributed by atoms with Gasteiger partial charge in [-0.25, -0.2) is 0 Å². The Bertz CT molecular complexity index is 756. The lowest BCUT2D eigenvalue weighted by atomic mass is 10.3. The van der Waals surface area contributed by atoms with E-state index < -0.39 is 0 Å². The van der Waals surface area contributed by atoms with Crippen LogP contribution in [0.4, 0.5) is 17.5 Å². The summed E-state index contributed by atoms with van der Waals surface area (Å²) in [6.07, 6.45) is 1.63. The number of halogens is 2.